The van der Waals surface area contributed by atoms with Crippen LogP contribution in [-0.4, -0.2) is 24.8 Å². The van der Waals surface area contributed by atoms with Crippen LogP contribution in [0.4, 0.5) is 0 Å². The first-order valence-corrected chi connectivity index (χ1v) is 6.44. The van der Waals surface area contributed by atoms with E-state index in [2.05, 4.69) is 29.0 Å². The van der Waals surface area contributed by atoms with E-state index in [0.717, 1.165) is 32.1 Å². The van der Waals surface area contributed by atoms with Crippen molar-refractivity contribution in [2.45, 2.75) is 38.5 Å². The van der Waals surface area contributed by atoms with Crippen LogP contribution in [0.25, 0.3) is 0 Å². The van der Waals surface area contributed by atoms with Crippen molar-refractivity contribution in [1.29, 1.82) is 0 Å². The number of ether oxygens (including phenoxy) is 1. The molecule has 0 unspecified atom stereocenters. The van der Waals surface area contributed by atoms with E-state index in [1.165, 1.54) is 7.11 Å². The van der Waals surface area contributed by atoms with E-state index < -0.39 is 0 Å². The van der Waals surface area contributed by atoms with E-state index in [1.54, 1.807) is 0 Å². The quantitative estimate of drug-likeness (QED) is 0.369. The number of rotatable bonds is 10. The highest BCUT2D eigenvalue weighted by Gasteiger charge is 1.96. The summed E-state index contributed by atoms with van der Waals surface area (Å²) >= 11 is 0. The molecule has 18 heavy (non-hydrogen) atoms. The second kappa shape index (κ2) is 13.7. The molecule has 0 spiro atoms. The van der Waals surface area contributed by atoms with Gasteiger partial charge in [-0.3, -0.25) is 4.79 Å². The van der Waals surface area contributed by atoms with Gasteiger partial charge >= 0.3 is 5.97 Å². The third-order valence-corrected chi connectivity index (χ3v) is 2.32. The van der Waals surface area contributed by atoms with E-state index in [1.807, 2.05) is 12.2 Å². The van der Waals surface area contributed by atoms with Crippen LogP contribution in [0.2, 0.25) is 0 Å². The van der Waals surface area contributed by atoms with Gasteiger partial charge in [0.15, 0.2) is 0 Å². The standard InChI is InChI=1S/C15H24O3/c1-18-15(17)13-11-9-7-5-3-2-4-6-8-10-12-14-16/h2,4-5,7-8,10,16H,3,6,9,11-14H2,1H3. The van der Waals surface area contributed by atoms with Gasteiger partial charge in [-0.1, -0.05) is 36.5 Å². The molecule has 0 radical (unpaired) electrons. The van der Waals surface area contributed by atoms with Gasteiger partial charge in [0.1, 0.15) is 0 Å². The topological polar surface area (TPSA) is 46.5 Å². The van der Waals surface area contributed by atoms with Crippen LogP contribution in [0.15, 0.2) is 36.5 Å². The van der Waals surface area contributed by atoms with Gasteiger partial charge in [-0.15, -0.1) is 0 Å². The highest BCUT2D eigenvalue weighted by atomic mass is 16.5. The zero-order chi connectivity index (χ0) is 13.5. The summed E-state index contributed by atoms with van der Waals surface area (Å²) in [7, 11) is 1.41. The Morgan fingerprint density at radius 1 is 1.00 bits per heavy atom. The monoisotopic (exact) mass is 252 g/mol. The highest BCUT2D eigenvalue weighted by Crippen LogP contribution is 1.99. The van der Waals surface area contributed by atoms with Crippen LogP contribution in [0.5, 0.6) is 0 Å². The van der Waals surface area contributed by atoms with Gasteiger partial charge in [-0.2, -0.15) is 0 Å². The number of hydrogen-bond acceptors (Lipinski definition) is 3. The molecule has 1 N–H and O–H groups in total. The zero-order valence-corrected chi connectivity index (χ0v) is 11.2. The van der Waals surface area contributed by atoms with Gasteiger partial charge in [0.05, 0.1) is 7.11 Å². The molecule has 102 valence electrons. The number of carbonyl (C=O) groups excluding carboxylic acids is 1. The first-order valence-electron chi connectivity index (χ1n) is 6.44. The number of unbranched alkanes of at least 4 members (excludes halogenated alkanes) is 1. The van der Waals surface area contributed by atoms with Gasteiger partial charge in [0, 0.05) is 13.0 Å². The summed E-state index contributed by atoms with van der Waals surface area (Å²) in [5.41, 5.74) is 0. The number of methoxy groups -OCH3 is 1. The summed E-state index contributed by atoms with van der Waals surface area (Å²) in [6.45, 7) is 0.217. The van der Waals surface area contributed by atoms with Crippen LogP contribution in [0.1, 0.15) is 38.5 Å². The van der Waals surface area contributed by atoms with Crippen molar-refractivity contribution >= 4 is 5.97 Å². The molecule has 0 fully saturated rings. The van der Waals surface area contributed by atoms with E-state index in [-0.39, 0.29) is 12.6 Å². The molecule has 0 aromatic rings. The fraction of sp³-hybridized carbons (Fsp3) is 0.533. The lowest BCUT2D eigenvalue weighted by atomic mass is 10.2. The molecule has 0 saturated carbocycles. The second-order valence-corrected chi connectivity index (χ2v) is 3.87. The van der Waals surface area contributed by atoms with Crippen molar-refractivity contribution in [3.05, 3.63) is 36.5 Å². The predicted molar refractivity (Wildman–Crippen MR) is 74.2 cm³/mol. The van der Waals surface area contributed by atoms with Gasteiger partial charge in [-0.05, 0) is 32.1 Å². The van der Waals surface area contributed by atoms with Crippen LogP contribution in [0, 0.1) is 0 Å². The maximum atomic E-state index is 10.8. The summed E-state index contributed by atoms with van der Waals surface area (Å²) in [6.07, 6.45) is 17.3. The molecule has 0 aliphatic rings. The maximum absolute atomic E-state index is 10.8. The van der Waals surface area contributed by atoms with Crippen molar-refractivity contribution < 1.29 is 14.6 Å². The number of esters is 1. The van der Waals surface area contributed by atoms with Crippen molar-refractivity contribution in [3.63, 3.8) is 0 Å². The second-order valence-electron chi connectivity index (χ2n) is 3.87. The van der Waals surface area contributed by atoms with Crippen LogP contribution in [0.3, 0.4) is 0 Å². The van der Waals surface area contributed by atoms with E-state index in [0.29, 0.717) is 6.42 Å². The summed E-state index contributed by atoms with van der Waals surface area (Å²) in [5, 5.41) is 8.55. The smallest absolute Gasteiger partial charge is 0.305 e. The molecule has 0 bridgehead atoms. The van der Waals surface area contributed by atoms with Crippen LogP contribution in [-0.2, 0) is 9.53 Å². The molecule has 0 amide bonds. The van der Waals surface area contributed by atoms with Crippen molar-refractivity contribution in [3.8, 4) is 0 Å². The first kappa shape index (κ1) is 16.6. The Morgan fingerprint density at radius 3 is 2.11 bits per heavy atom. The number of carbonyl (C=O) groups is 1. The number of aliphatic hydroxyl groups is 1. The predicted octanol–water partition coefficient (Wildman–Crippen LogP) is 3.16. The van der Waals surface area contributed by atoms with Crippen molar-refractivity contribution in [2.75, 3.05) is 13.7 Å². The normalized spacial score (nSPS) is 11.9. The largest absolute Gasteiger partial charge is 0.469 e. The Bertz CT molecular complexity index is 277. The summed E-state index contributed by atoms with van der Waals surface area (Å²) in [5.74, 6) is -0.141. The first-order chi connectivity index (χ1) is 8.81. The Labute approximate surface area is 110 Å². The molecule has 0 heterocycles. The third kappa shape index (κ3) is 12.7. The Morgan fingerprint density at radius 2 is 1.56 bits per heavy atom. The molecule has 0 aliphatic carbocycles. The minimum absolute atomic E-state index is 0.141. The summed E-state index contributed by atoms with van der Waals surface area (Å²) in [6, 6.07) is 0. The average molecular weight is 252 g/mol. The van der Waals surface area contributed by atoms with E-state index >= 15 is 0 Å². The molecule has 3 nitrogen and oxygen atoms in total. The highest BCUT2D eigenvalue weighted by molar-refractivity contribution is 5.68. The van der Waals surface area contributed by atoms with Crippen molar-refractivity contribution in [2.24, 2.45) is 0 Å². The minimum Gasteiger partial charge on any atom is -0.469 e. The summed E-state index contributed by atoms with van der Waals surface area (Å²) < 4.78 is 4.55. The fourth-order valence-electron chi connectivity index (χ4n) is 1.32. The molecule has 0 rings (SSSR count). The fourth-order valence-corrected chi connectivity index (χ4v) is 1.32. The van der Waals surface area contributed by atoms with Gasteiger partial charge < -0.3 is 9.84 Å². The van der Waals surface area contributed by atoms with Gasteiger partial charge in [-0.25, -0.2) is 0 Å². The summed E-state index contributed by atoms with van der Waals surface area (Å²) in [4.78, 5) is 10.8. The Balaban J connectivity index is 3.37. The molecule has 0 atom stereocenters. The number of hydrogen-bond donors (Lipinski definition) is 1. The molecule has 0 aliphatic heterocycles. The number of aliphatic hydroxyl groups excluding tert-OH is 1. The molecule has 3 heteroatoms. The molecule has 0 saturated heterocycles. The average Bonchev–Trinajstić information content (AvgIpc) is 2.39. The maximum Gasteiger partial charge on any atom is 0.305 e. The zero-order valence-electron chi connectivity index (χ0n) is 11.2. The van der Waals surface area contributed by atoms with Crippen LogP contribution >= 0.6 is 0 Å². The minimum atomic E-state index is -0.141. The van der Waals surface area contributed by atoms with Gasteiger partial charge in [0.2, 0.25) is 0 Å². The third-order valence-electron chi connectivity index (χ3n) is 2.32. The van der Waals surface area contributed by atoms with Gasteiger partial charge in [0.25, 0.3) is 0 Å². The molecular formula is C15H24O3. The van der Waals surface area contributed by atoms with Crippen LogP contribution < -0.4 is 0 Å². The molecule has 0 aromatic carbocycles. The lowest BCUT2D eigenvalue weighted by molar-refractivity contribution is -0.140. The van der Waals surface area contributed by atoms with E-state index in [9.17, 15) is 4.79 Å². The lowest BCUT2D eigenvalue weighted by Crippen LogP contribution is -1.98. The molecule has 0 aromatic heterocycles. The lowest BCUT2D eigenvalue weighted by Gasteiger charge is -1.95. The SMILES string of the molecule is COC(=O)CCCC=CCC=CCC=CCCO. The Kier molecular flexibility index (Phi) is 12.7. The Hall–Kier alpha value is -1.35. The van der Waals surface area contributed by atoms with Crippen molar-refractivity contribution in [1.82, 2.24) is 0 Å². The number of allylic oxidation sites excluding steroid dienone is 5. The van der Waals surface area contributed by atoms with E-state index in [4.69, 9.17) is 5.11 Å². The molecular weight excluding hydrogens is 228 g/mol.